The molecule has 1 aromatic heterocycles. The van der Waals surface area contributed by atoms with Gasteiger partial charge in [-0.2, -0.15) is 0 Å². The summed E-state index contributed by atoms with van der Waals surface area (Å²) in [6, 6.07) is 7.75. The molecule has 20 heavy (non-hydrogen) atoms. The Bertz CT molecular complexity index is 584. The molecule has 108 valence electrons. The topological polar surface area (TPSA) is 73.5 Å². The molecule has 6 nitrogen and oxygen atoms in total. The van der Waals surface area contributed by atoms with E-state index in [1.165, 1.54) is 0 Å². The van der Waals surface area contributed by atoms with E-state index in [9.17, 15) is 10.3 Å². The van der Waals surface area contributed by atoms with Gasteiger partial charge in [-0.3, -0.25) is 4.90 Å². The molecule has 1 unspecified atom stereocenters. The van der Waals surface area contributed by atoms with Crippen LogP contribution in [-0.4, -0.2) is 57.2 Å². The maximum absolute atomic E-state index is 10.0. The average Bonchev–Trinajstić information content (AvgIpc) is 3.05. The number of hydrogen-bond acceptors (Lipinski definition) is 5. The number of rotatable bonds is 5. The third-order valence-corrected chi connectivity index (χ3v) is 3.93. The van der Waals surface area contributed by atoms with E-state index in [1.807, 2.05) is 24.3 Å². The van der Waals surface area contributed by atoms with Gasteiger partial charge >= 0.3 is 0 Å². The molecule has 0 bridgehead atoms. The molecule has 3 N–H and O–H groups in total. The lowest BCUT2D eigenvalue weighted by molar-refractivity contribution is 0.162. The van der Waals surface area contributed by atoms with Crippen molar-refractivity contribution < 1.29 is 10.3 Å². The van der Waals surface area contributed by atoms with Crippen molar-refractivity contribution in [2.45, 2.75) is 18.9 Å². The summed E-state index contributed by atoms with van der Waals surface area (Å²) < 4.78 is 1.09. The molecule has 1 aliphatic rings. The van der Waals surface area contributed by atoms with E-state index in [4.69, 9.17) is 0 Å². The van der Waals surface area contributed by atoms with E-state index < -0.39 is 0 Å². The number of aliphatic hydroxyl groups is 1. The van der Waals surface area contributed by atoms with Crippen LogP contribution < -0.4 is 5.32 Å². The monoisotopic (exact) mass is 276 g/mol. The molecule has 1 saturated heterocycles. The van der Waals surface area contributed by atoms with Gasteiger partial charge in [-0.1, -0.05) is 12.1 Å². The van der Waals surface area contributed by atoms with E-state index in [0.717, 1.165) is 36.2 Å². The highest BCUT2D eigenvalue weighted by Crippen LogP contribution is 2.18. The molecule has 1 atom stereocenters. The molecule has 6 heteroatoms. The molecule has 1 aromatic carbocycles. The fraction of sp³-hybridized carbons (Fsp3) is 0.500. The van der Waals surface area contributed by atoms with E-state index in [-0.39, 0.29) is 12.6 Å². The Labute approximate surface area is 117 Å². The molecule has 0 aliphatic carbocycles. The smallest absolute Gasteiger partial charge is 0.237 e. The highest BCUT2D eigenvalue weighted by atomic mass is 16.5. The SMILES string of the molecule is OCC1CCCN1CCNc1nc2ccccc2n1O. The average molecular weight is 276 g/mol. The number of fused-ring (bicyclic) bond motifs is 1. The summed E-state index contributed by atoms with van der Waals surface area (Å²) in [6.07, 6.45) is 2.21. The molecule has 0 amide bonds. The van der Waals surface area contributed by atoms with Gasteiger partial charge in [0.1, 0.15) is 5.52 Å². The lowest BCUT2D eigenvalue weighted by Gasteiger charge is -2.22. The van der Waals surface area contributed by atoms with Gasteiger partial charge < -0.3 is 15.6 Å². The lowest BCUT2D eigenvalue weighted by atomic mass is 10.2. The van der Waals surface area contributed by atoms with Crippen molar-refractivity contribution in [2.75, 3.05) is 31.6 Å². The molecule has 2 aromatic rings. The van der Waals surface area contributed by atoms with Gasteiger partial charge in [-0.15, -0.1) is 4.73 Å². The Balaban J connectivity index is 1.61. The van der Waals surface area contributed by atoms with E-state index in [2.05, 4.69) is 15.2 Å². The van der Waals surface area contributed by atoms with Crippen molar-refractivity contribution >= 4 is 17.0 Å². The van der Waals surface area contributed by atoms with Gasteiger partial charge in [0.25, 0.3) is 0 Å². The molecule has 0 radical (unpaired) electrons. The van der Waals surface area contributed by atoms with Crippen LogP contribution in [0.15, 0.2) is 24.3 Å². The van der Waals surface area contributed by atoms with Crippen LogP contribution in [0, 0.1) is 0 Å². The number of anilines is 1. The zero-order chi connectivity index (χ0) is 13.9. The number of hydrogen-bond donors (Lipinski definition) is 3. The molecule has 3 rings (SSSR count). The molecule has 0 saturated carbocycles. The number of nitrogens with zero attached hydrogens (tertiary/aromatic N) is 3. The highest BCUT2D eigenvalue weighted by molar-refractivity contribution is 5.77. The minimum absolute atomic E-state index is 0.221. The number of likely N-dealkylation sites (tertiary alicyclic amines) is 1. The third-order valence-electron chi connectivity index (χ3n) is 3.93. The van der Waals surface area contributed by atoms with Crippen LogP contribution in [0.1, 0.15) is 12.8 Å². The quantitative estimate of drug-likeness (QED) is 0.714. The van der Waals surface area contributed by atoms with Gasteiger partial charge in [0.15, 0.2) is 0 Å². The van der Waals surface area contributed by atoms with Crippen molar-refractivity contribution in [3.63, 3.8) is 0 Å². The zero-order valence-electron chi connectivity index (χ0n) is 11.4. The Morgan fingerprint density at radius 2 is 2.20 bits per heavy atom. The fourth-order valence-electron chi connectivity index (χ4n) is 2.84. The fourth-order valence-corrected chi connectivity index (χ4v) is 2.84. The van der Waals surface area contributed by atoms with E-state index in [1.54, 1.807) is 0 Å². The number of para-hydroxylation sites is 2. The summed E-state index contributed by atoms with van der Waals surface area (Å²) in [7, 11) is 0. The Kier molecular flexibility index (Phi) is 3.75. The van der Waals surface area contributed by atoms with Crippen molar-refractivity contribution in [3.8, 4) is 0 Å². The normalized spacial score (nSPS) is 19.8. The van der Waals surface area contributed by atoms with E-state index >= 15 is 0 Å². The maximum atomic E-state index is 10.0. The summed E-state index contributed by atoms with van der Waals surface area (Å²) in [4.78, 5) is 6.62. The van der Waals surface area contributed by atoms with Crippen molar-refractivity contribution in [1.82, 2.24) is 14.6 Å². The molecule has 2 heterocycles. The second-order valence-corrected chi connectivity index (χ2v) is 5.18. The van der Waals surface area contributed by atoms with Gasteiger partial charge in [-0.05, 0) is 31.5 Å². The van der Waals surface area contributed by atoms with Crippen LogP contribution in [0.4, 0.5) is 5.95 Å². The number of aromatic nitrogens is 2. The van der Waals surface area contributed by atoms with Gasteiger partial charge in [0, 0.05) is 19.1 Å². The first-order valence-electron chi connectivity index (χ1n) is 7.05. The number of nitrogens with one attached hydrogen (secondary N) is 1. The highest BCUT2D eigenvalue weighted by Gasteiger charge is 2.23. The van der Waals surface area contributed by atoms with Crippen LogP contribution >= 0.6 is 0 Å². The van der Waals surface area contributed by atoms with Crippen LogP contribution in [-0.2, 0) is 0 Å². The van der Waals surface area contributed by atoms with Crippen molar-refractivity contribution in [1.29, 1.82) is 0 Å². The lowest BCUT2D eigenvalue weighted by Crippen LogP contribution is -2.36. The predicted octanol–water partition coefficient (Wildman–Crippen LogP) is 1.14. The Morgan fingerprint density at radius 3 is 3.00 bits per heavy atom. The zero-order valence-corrected chi connectivity index (χ0v) is 11.4. The summed E-state index contributed by atoms with van der Waals surface area (Å²) in [5.74, 6) is 0.464. The van der Waals surface area contributed by atoms with Crippen molar-refractivity contribution in [3.05, 3.63) is 24.3 Å². The Morgan fingerprint density at radius 1 is 1.35 bits per heavy atom. The van der Waals surface area contributed by atoms with Gasteiger partial charge in [0.05, 0.1) is 12.1 Å². The van der Waals surface area contributed by atoms with Crippen LogP contribution in [0.2, 0.25) is 0 Å². The summed E-state index contributed by atoms with van der Waals surface area (Å²) in [6.45, 7) is 2.79. The van der Waals surface area contributed by atoms with Gasteiger partial charge in [-0.25, -0.2) is 4.98 Å². The minimum atomic E-state index is 0.221. The van der Waals surface area contributed by atoms with E-state index in [0.29, 0.717) is 18.0 Å². The summed E-state index contributed by atoms with van der Waals surface area (Å²) in [5.41, 5.74) is 1.47. The summed E-state index contributed by atoms with van der Waals surface area (Å²) >= 11 is 0. The largest absolute Gasteiger partial charge is 0.425 e. The molecule has 1 aliphatic heterocycles. The second kappa shape index (κ2) is 5.68. The van der Waals surface area contributed by atoms with Crippen LogP contribution in [0.3, 0.4) is 0 Å². The molecule has 0 spiro atoms. The number of aliphatic hydroxyl groups excluding tert-OH is 1. The number of benzene rings is 1. The first kappa shape index (κ1) is 13.2. The summed E-state index contributed by atoms with van der Waals surface area (Å²) in [5, 5.41) is 22.4. The molecule has 1 fully saturated rings. The third kappa shape index (κ3) is 2.44. The minimum Gasteiger partial charge on any atom is -0.425 e. The standard InChI is InChI=1S/C14H20N4O2/c19-10-11-4-3-8-17(11)9-7-15-14-16-12-5-1-2-6-13(12)18(14)20/h1-2,5-6,11,19-20H,3-4,7-10H2,(H,15,16). The first-order chi connectivity index (χ1) is 9.79. The molecular formula is C14H20N4O2. The first-order valence-corrected chi connectivity index (χ1v) is 7.05. The number of imidazole rings is 1. The second-order valence-electron chi connectivity index (χ2n) is 5.18. The maximum Gasteiger partial charge on any atom is 0.237 e. The Hall–Kier alpha value is -1.79. The predicted molar refractivity (Wildman–Crippen MR) is 77.1 cm³/mol. The van der Waals surface area contributed by atoms with Crippen LogP contribution in [0.5, 0.6) is 0 Å². The van der Waals surface area contributed by atoms with Crippen molar-refractivity contribution in [2.24, 2.45) is 0 Å². The van der Waals surface area contributed by atoms with Crippen LogP contribution in [0.25, 0.3) is 11.0 Å². The molecular weight excluding hydrogens is 256 g/mol. The van der Waals surface area contributed by atoms with Gasteiger partial charge in [0.2, 0.25) is 5.95 Å².